The molecule has 0 unspecified atom stereocenters. The van der Waals surface area contributed by atoms with Crippen LogP contribution in [0.4, 0.5) is 5.82 Å². The van der Waals surface area contributed by atoms with Crippen molar-refractivity contribution in [1.29, 1.82) is 0 Å². The predicted molar refractivity (Wildman–Crippen MR) is 81.6 cm³/mol. The molecule has 0 radical (unpaired) electrons. The number of hydrogen-bond acceptors (Lipinski definition) is 4. The van der Waals surface area contributed by atoms with E-state index >= 15 is 0 Å². The highest BCUT2D eigenvalue weighted by Gasteiger charge is 2.27. The minimum absolute atomic E-state index is 0.391. The molecule has 4 nitrogen and oxygen atoms in total. The maximum atomic E-state index is 5.96. The second-order valence-corrected chi connectivity index (χ2v) is 6.49. The molecule has 1 aromatic heterocycles. The van der Waals surface area contributed by atoms with Gasteiger partial charge in [0.2, 0.25) is 0 Å². The van der Waals surface area contributed by atoms with Crippen LogP contribution in [0.2, 0.25) is 0 Å². The lowest BCUT2D eigenvalue weighted by atomic mass is 9.76. The molecule has 0 saturated heterocycles. The second-order valence-electron chi connectivity index (χ2n) is 6.49. The third-order valence-corrected chi connectivity index (χ3v) is 4.01. The Morgan fingerprint density at radius 3 is 2.60 bits per heavy atom. The van der Waals surface area contributed by atoms with Crippen LogP contribution in [0.5, 0.6) is 0 Å². The first-order valence-corrected chi connectivity index (χ1v) is 7.75. The number of ether oxygens (including phenoxy) is 1. The zero-order chi connectivity index (χ0) is 14.4. The summed E-state index contributed by atoms with van der Waals surface area (Å²) in [6, 6.07) is 0. The van der Waals surface area contributed by atoms with Crippen LogP contribution in [-0.4, -0.2) is 22.6 Å². The van der Waals surface area contributed by atoms with E-state index < -0.39 is 0 Å². The van der Waals surface area contributed by atoms with Crippen LogP contribution < -0.4 is 5.32 Å². The Balaban J connectivity index is 1.74. The van der Waals surface area contributed by atoms with Crippen LogP contribution in [0.1, 0.15) is 58.6 Å². The summed E-state index contributed by atoms with van der Waals surface area (Å²) in [5.41, 5.74) is 1.41. The number of rotatable bonds is 6. The molecule has 0 spiro atoms. The van der Waals surface area contributed by atoms with E-state index in [0.29, 0.717) is 18.1 Å². The van der Waals surface area contributed by atoms with Gasteiger partial charge in [0.25, 0.3) is 0 Å². The van der Waals surface area contributed by atoms with Gasteiger partial charge in [0, 0.05) is 6.54 Å². The van der Waals surface area contributed by atoms with E-state index in [9.17, 15) is 0 Å². The number of anilines is 1. The van der Waals surface area contributed by atoms with Gasteiger partial charge in [-0.15, -0.1) is 0 Å². The van der Waals surface area contributed by atoms with Crippen LogP contribution in [0.3, 0.4) is 0 Å². The molecule has 1 aromatic rings. The summed E-state index contributed by atoms with van der Waals surface area (Å²) in [6.45, 7) is 8.33. The van der Waals surface area contributed by atoms with Gasteiger partial charge in [-0.25, -0.2) is 4.98 Å². The average Bonchev–Trinajstić information content (AvgIpc) is 2.45. The van der Waals surface area contributed by atoms with Crippen molar-refractivity contribution < 1.29 is 4.74 Å². The summed E-state index contributed by atoms with van der Waals surface area (Å²) >= 11 is 0. The van der Waals surface area contributed by atoms with Gasteiger partial charge < -0.3 is 10.1 Å². The van der Waals surface area contributed by atoms with Gasteiger partial charge in [-0.2, -0.15) is 0 Å². The van der Waals surface area contributed by atoms with Crippen LogP contribution in [-0.2, 0) is 11.3 Å². The van der Waals surface area contributed by atoms with Crippen molar-refractivity contribution in [3.05, 3.63) is 18.1 Å². The lowest BCUT2D eigenvalue weighted by Gasteiger charge is -2.34. The monoisotopic (exact) mass is 277 g/mol. The Hall–Kier alpha value is -1.16. The van der Waals surface area contributed by atoms with E-state index in [1.165, 1.54) is 12.8 Å². The third kappa shape index (κ3) is 4.75. The largest absolute Gasteiger partial charge is 0.372 e. The topological polar surface area (TPSA) is 47.0 Å². The zero-order valence-corrected chi connectivity index (χ0v) is 13.0. The van der Waals surface area contributed by atoms with Crippen molar-refractivity contribution in [3.8, 4) is 0 Å². The summed E-state index contributed by atoms with van der Waals surface area (Å²) in [5.74, 6) is 0.843. The molecular formula is C16H27N3O. The third-order valence-electron chi connectivity index (χ3n) is 4.01. The standard InChI is InChI=1S/C16H27N3O/c1-4-9-17-15-11-18-13(10-19-15)12-20-14-5-7-16(2,3)8-6-14/h10-11,14H,4-9,12H2,1-3H3,(H,17,19). The molecule has 0 bridgehead atoms. The molecule has 1 saturated carbocycles. The second kappa shape index (κ2) is 7.02. The van der Waals surface area contributed by atoms with Crippen molar-refractivity contribution >= 4 is 5.82 Å². The molecule has 0 atom stereocenters. The predicted octanol–water partition coefficient (Wildman–Crippen LogP) is 3.78. The molecule has 1 aliphatic carbocycles. The maximum Gasteiger partial charge on any atom is 0.144 e. The Labute approximate surface area is 122 Å². The summed E-state index contributed by atoms with van der Waals surface area (Å²) in [6.07, 6.45) is 9.91. The summed E-state index contributed by atoms with van der Waals surface area (Å²) in [5, 5.41) is 3.22. The Kier molecular flexibility index (Phi) is 5.35. The molecular weight excluding hydrogens is 250 g/mol. The minimum atomic E-state index is 0.391. The number of aromatic nitrogens is 2. The lowest BCUT2D eigenvalue weighted by Crippen LogP contribution is -2.26. The Morgan fingerprint density at radius 1 is 1.25 bits per heavy atom. The lowest BCUT2D eigenvalue weighted by molar-refractivity contribution is -0.00698. The smallest absolute Gasteiger partial charge is 0.144 e. The fraction of sp³-hybridized carbons (Fsp3) is 0.750. The van der Waals surface area contributed by atoms with Crippen LogP contribution in [0.25, 0.3) is 0 Å². The van der Waals surface area contributed by atoms with Gasteiger partial charge in [-0.1, -0.05) is 20.8 Å². The fourth-order valence-electron chi connectivity index (χ4n) is 2.52. The van der Waals surface area contributed by atoms with Gasteiger partial charge in [0.05, 0.1) is 30.8 Å². The van der Waals surface area contributed by atoms with E-state index in [2.05, 4.69) is 36.1 Å². The van der Waals surface area contributed by atoms with Gasteiger partial charge in [0.1, 0.15) is 5.82 Å². The van der Waals surface area contributed by atoms with E-state index in [1.54, 1.807) is 6.20 Å². The molecule has 112 valence electrons. The van der Waals surface area contributed by atoms with Crippen LogP contribution >= 0.6 is 0 Å². The van der Waals surface area contributed by atoms with Gasteiger partial charge in [0.15, 0.2) is 0 Å². The molecule has 0 amide bonds. The molecule has 0 aliphatic heterocycles. The average molecular weight is 277 g/mol. The first-order valence-electron chi connectivity index (χ1n) is 7.75. The molecule has 2 rings (SSSR count). The number of nitrogens with one attached hydrogen (secondary N) is 1. The van der Waals surface area contributed by atoms with Crippen molar-refractivity contribution in [3.63, 3.8) is 0 Å². The number of nitrogens with zero attached hydrogens (tertiary/aromatic N) is 2. The van der Waals surface area contributed by atoms with E-state index in [-0.39, 0.29) is 0 Å². The summed E-state index contributed by atoms with van der Waals surface area (Å²) < 4.78 is 5.96. The Morgan fingerprint density at radius 2 is 2.00 bits per heavy atom. The Bertz CT molecular complexity index is 393. The van der Waals surface area contributed by atoms with Gasteiger partial charge in [-0.05, 0) is 37.5 Å². The molecule has 1 N–H and O–H groups in total. The molecule has 1 aliphatic rings. The molecule has 1 fully saturated rings. The first kappa shape index (κ1) is 15.2. The molecule has 4 heteroatoms. The molecule has 0 aromatic carbocycles. The van der Waals surface area contributed by atoms with E-state index in [4.69, 9.17) is 4.74 Å². The highest BCUT2D eigenvalue weighted by atomic mass is 16.5. The first-order chi connectivity index (χ1) is 9.59. The van der Waals surface area contributed by atoms with Gasteiger partial charge >= 0.3 is 0 Å². The summed E-state index contributed by atoms with van der Waals surface area (Å²) in [7, 11) is 0. The minimum Gasteiger partial charge on any atom is -0.372 e. The molecule has 20 heavy (non-hydrogen) atoms. The van der Waals surface area contributed by atoms with E-state index in [1.807, 2.05) is 6.20 Å². The van der Waals surface area contributed by atoms with Crippen molar-refractivity contribution in [2.75, 3.05) is 11.9 Å². The summed E-state index contributed by atoms with van der Waals surface area (Å²) in [4.78, 5) is 8.74. The highest BCUT2D eigenvalue weighted by molar-refractivity contribution is 5.30. The van der Waals surface area contributed by atoms with Crippen molar-refractivity contribution in [2.24, 2.45) is 5.41 Å². The quantitative estimate of drug-likeness (QED) is 0.859. The van der Waals surface area contributed by atoms with Crippen LogP contribution in [0, 0.1) is 5.41 Å². The van der Waals surface area contributed by atoms with Crippen molar-refractivity contribution in [2.45, 2.75) is 65.6 Å². The molecule has 1 heterocycles. The van der Waals surface area contributed by atoms with Crippen molar-refractivity contribution in [1.82, 2.24) is 9.97 Å². The maximum absolute atomic E-state index is 5.96. The van der Waals surface area contributed by atoms with E-state index in [0.717, 1.165) is 37.3 Å². The van der Waals surface area contributed by atoms with Crippen LogP contribution in [0.15, 0.2) is 12.4 Å². The normalized spacial score (nSPS) is 18.9. The fourth-order valence-corrected chi connectivity index (χ4v) is 2.52. The highest BCUT2D eigenvalue weighted by Crippen LogP contribution is 2.36. The zero-order valence-electron chi connectivity index (χ0n) is 13.0. The number of hydrogen-bond donors (Lipinski definition) is 1. The van der Waals surface area contributed by atoms with Gasteiger partial charge in [-0.3, -0.25) is 4.98 Å². The SMILES string of the molecule is CCCNc1cnc(COC2CCC(C)(C)CC2)cn1.